The van der Waals surface area contributed by atoms with Gasteiger partial charge in [0.15, 0.2) is 0 Å². The third-order valence-electron chi connectivity index (χ3n) is 4.26. The van der Waals surface area contributed by atoms with Crippen molar-refractivity contribution in [3.63, 3.8) is 0 Å². The van der Waals surface area contributed by atoms with E-state index in [1.54, 1.807) is 0 Å². The fraction of sp³-hybridized carbons (Fsp3) is 0.286. The van der Waals surface area contributed by atoms with Gasteiger partial charge in [-0.3, -0.25) is 0 Å². The van der Waals surface area contributed by atoms with Crippen molar-refractivity contribution in [2.24, 2.45) is 0 Å². The second kappa shape index (κ2) is 8.28. The van der Waals surface area contributed by atoms with Gasteiger partial charge >= 0.3 is 5.97 Å². The number of esters is 1. The fourth-order valence-corrected chi connectivity index (χ4v) is 3.10. The number of halogens is 1. The molecule has 3 aromatic rings. The first-order valence-electron chi connectivity index (χ1n) is 8.75. The number of hydrogen-bond acceptors (Lipinski definition) is 3. The summed E-state index contributed by atoms with van der Waals surface area (Å²) in [6, 6.07) is 13.5. The van der Waals surface area contributed by atoms with Crippen molar-refractivity contribution in [1.82, 2.24) is 4.98 Å². The van der Waals surface area contributed by atoms with E-state index in [0.29, 0.717) is 18.9 Å². The zero-order valence-electron chi connectivity index (χ0n) is 15.0. The number of aryl methyl sites for hydroxylation is 2. The fourth-order valence-electron chi connectivity index (χ4n) is 2.98. The average molecular weight is 372 g/mol. The topological polar surface area (TPSA) is 51.3 Å². The van der Waals surface area contributed by atoms with Gasteiger partial charge in [-0.15, -0.1) is 0 Å². The van der Waals surface area contributed by atoms with E-state index in [-0.39, 0.29) is 5.97 Å². The first-order chi connectivity index (χ1) is 12.6. The highest BCUT2D eigenvalue weighted by Gasteiger charge is 2.18. The molecule has 26 heavy (non-hydrogen) atoms. The Kier molecular flexibility index (Phi) is 5.84. The Morgan fingerprint density at radius 1 is 1.19 bits per heavy atom. The molecule has 0 atom stereocenters. The summed E-state index contributed by atoms with van der Waals surface area (Å²) >= 11 is 6.03. The van der Waals surface area contributed by atoms with E-state index in [9.17, 15) is 4.79 Å². The van der Waals surface area contributed by atoms with E-state index in [2.05, 4.69) is 4.98 Å². The number of carbonyl (C=O) groups excluding carboxylic acids is 1. The minimum absolute atomic E-state index is 0.312. The van der Waals surface area contributed by atoms with Crippen molar-refractivity contribution in [2.75, 3.05) is 13.2 Å². The molecule has 1 N–H and O–H groups in total. The number of aromatic amines is 1. The van der Waals surface area contributed by atoms with Crippen molar-refractivity contribution in [3.8, 4) is 5.75 Å². The Balaban J connectivity index is 1.70. The lowest BCUT2D eigenvalue weighted by Gasteiger charge is -2.08. The summed E-state index contributed by atoms with van der Waals surface area (Å²) in [6.45, 7) is 4.67. The maximum Gasteiger partial charge on any atom is 0.355 e. The maximum absolute atomic E-state index is 12.3. The van der Waals surface area contributed by atoms with Gasteiger partial charge in [0.1, 0.15) is 11.4 Å². The molecule has 0 fully saturated rings. The molecule has 0 spiro atoms. The summed E-state index contributed by atoms with van der Waals surface area (Å²) in [7, 11) is 0. The zero-order chi connectivity index (χ0) is 18.5. The van der Waals surface area contributed by atoms with Crippen LogP contribution in [0.3, 0.4) is 0 Å². The Labute approximate surface area is 158 Å². The summed E-state index contributed by atoms with van der Waals surface area (Å²) in [6.07, 6.45) is 1.51. The Morgan fingerprint density at radius 2 is 2.00 bits per heavy atom. The second-order valence-corrected chi connectivity index (χ2v) is 6.51. The predicted molar refractivity (Wildman–Crippen MR) is 104 cm³/mol. The number of para-hydroxylation sites is 1. The largest absolute Gasteiger partial charge is 0.494 e. The van der Waals surface area contributed by atoms with Crippen molar-refractivity contribution in [3.05, 3.63) is 64.3 Å². The van der Waals surface area contributed by atoms with Gasteiger partial charge in [0.25, 0.3) is 0 Å². The molecule has 0 saturated carbocycles. The molecule has 0 aliphatic heterocycles. The van der Waals surface area contributed by atoms with E-state index in [1.165, 1.54) is 0 Å². The van der Waals surface area contributed by atoms with Crippen molar-refractivity contribution in [2.45, 2.75) is 26.7 Å². The molecule has 1 heterocycles. The normalized spacial score (nSPS) is 10.9. The first kappa shape index (κ1) is 18.3. The molecule has 1 aromatic heterocycles. The minimum Gasteiger partial charge on any atom is -0.494 e. The summed E-state index contributed by atoms with van der Waals surface area (Å²) in [4.78, 5) is 15.5. The van der Waals surface area contributed by atoms with E-state index in [1.807, 2.05) is 56.3 Å². The smallest absolute Gasteiger partial charge is 0.355 e. The van der Waals surface area contributed by atoms with Crippen LogP contribution >= 0.6 is 11.6 Å². The maximum atomic E-state index is 12.3. The lowest BCUT2D eigenvalue weighted by Crippen LogP contribution is -2.09. The Morgan fingerprint density at radius 3 is 2.77 bits per heavy atom. The van der Waals surface area contributed by atoms with Crippen LogP contribution in [0.2, 0.25) is 5.02 Å². The Bertz CT molecular complexity index is 917. The van der Waals surface area contributed by atoms with Gasteiger partial charge in [-0.25, -0.2) is 4.79 Å². The molecule has 5 heteroatoms. The van der Waals surface area contributed by atoms with Crippen LogP contribution in [0, 0.1) is 6.92 Å². The molecule has 0 unspecified atom stereocenters. The van der Waals surface area contributed by atoms with Gasteiger partial charge < -0.3 is 14.5 Å². The van der Waals surface area contributed by atoms with Gasteiger partial charge in [0, 0.05) is 15.9 Å². The highest BCUT2D eigenvalue weighted by atomic mass is 35.5. The molecule has 0 saturated heterocycles. The van der Waals surface area contributed by atoms with E-state index >= 15 is 0 Å². The first-order valence-corrected chi connectivity index (χ1v) is 9.13. The Hall–Kier alpha value is -2.46. The number of rotatable bonds is 7. The molecule has 0 radical (unpaired) electrons. The second-order valence-electron chi connectivity index (χ2n) is 6.11. The SMILES string of the molecule is CCOC(=O)c1[nH]c2ccccc2c1CCCOc1ccc(Cl)c(C)c1. The zero-order valence-corrected chi connectivity index (χ0v) is 15.7. The van der Waals surface area contributed by atoms with Crippen LogP contribution in [0.1, 0.15) is 35.0 Å². The van der Waals surface area contributed by atoms with Crippen LogP contribution in [-0.2, 0) is 11.2 Å². The van der Waals surface area contributed by atoms with Crippen LogP contribution in [0.4, 0.5) is 0 Å². The summed E-state index contributed by atoms with van der Waals surface area (Å²) in [5.74, 6) is 0.490. The average Bonchev–Trinajstić information content (AvgIpc) is 3.01. The molecule has 3 rings (SSSR count). The molecular formula is C21H22ClNO3. The van der Waals surface area contributed by atoms with Crippen LogP contribution in [0.5, 0.6) is 5.75 Å². The molecule has 136 valence electrons. The van der Waals surface area contributed by atoms with Gasteiger partial charge in [-0.2, -0.15) is 0 Å². The van der Waals surface area contributed by atoms with Gasteiger partial charge in [0.2, 0.25) is 0 Å². The molecule has 0 bridgehead atoms. The highest BCUT2D eigenvalue weighted by Crippen LogP contribution is 2.25. The lowest BCUT2D eigenvalue weighted by molar-refractivity contribution is 0.0519. The number of nitrogens with one attached hydrogen (secondary N) is 1. The third-order valence-corrected chi connectivity index (χ3v) is 4.69. The predicted octanol–water partition coefficient (Wildman–Crippen LogP) is 5.32. The minimum atomic E-state index is -0.312. The summed E-state index contributed by atoms with van der Waals surface area (Å²) < 4.78 is 11.0. The van der Waals surface area contributed by atoms with Crippen LogP contribution in [0.15, 0.2) is 42.5 Å². The summed E-state index contributed by atoms with van der Waals surface area (Å²) in [5.41, 5.74) is 3.45. The van der Waals surface area contributed by atoms with E-state index in [0.717, 1.165) is 45.6 Å². The standard InChI is InChI=1S/C21H22ClNO3/c1-3-25-21(24)20-17(16-7-4-5-9-19(16)23-20)8-6-12-26-15-10-11-18(22)14(2)13-15/h4-5,7,9-11,13,23H,3,6,8,12H2,1-2H3. The molecule has 4 nitrogen and oxygen atoms in total. The quantitative estimate of drug-likeness (QED) is 0.451. The lowest BCUT2D eigenvalue weighted by atomic mass is 10.1. The number of H-pyrrole nitrogens is 1. The molecule has 2 aromatic carbocycles. The molecule has 0 aliphatic carbocycles. The number of hydrogen-bond donors (Lipinski definition) is 1. The molecule has 0 aliphatic rings. The summed E-state index contributed by atoms with van der Waals surface area (Å²) in [5, 5.41) is 1.79. The van der Waals surface area contributed by atoms with Gasteiger partial charge in [0.05, 0.1) is 13.2 Å². The highest BCUT2D eigenvalue weighted by molar-refractivity contribution is 6.31. The number of carbonyl (C=O) groups is 1. The number of ether oxygens (including phenoxy) is 2. The monoisotopic (exact) mass is 371 g/mol. The van der Waals surface area contributed by atoms with Crippen molar-refractivity contribution >= 4 is 28.5 Å². The van der Waals surface area contributed by atoms with E-state index < -0.39 is 0 Å². The number of benzene rings is 2. The van der Waals surface area contributed by atoms with Crippen LogP contribution < -0.4 is 4.74 Å². The van der Waals surface area contributed by atoms with Crippen LogP contribution in [0.25, 0.3) is 10.9 Å². The number of aromatic nitrogens is 1. The van der Waals surface area contributed by atoms with Crippen molar-refractivity contribution in [1.29, 1.82) is 0 Å². The van der Waals surface area contributed by atoms with Gasteiger partial charge in [-0.05, 0) is 62.1 Å². The third kappa shape index (κ3) is 4.02. The van der Waals surface area contributed by atoms with E-state index in [4.69, 9.17) is 21.1 Å². The molecular weight excluding hydrogens is 350 g/mol. The van der Waals surface area contributed by atoms with Crippen molar-refractivity contribution < 1.29 is 14.3 Å². The number of fused-ring (bicyclic) bond motifs is 1. The van der Waals surface area contributed by atoms with Gasteiger partial charge in [-0.1, -0.05) is 29.8 Å². The van der Waals surface area contributed by atoms with Crippen LogP contribution in [-0.4, -0.2) is 24.2 Å². The molecule has 0 amide bonds.